The van der Waals surface area contributed by atoms with Crippen molar-refractivity contribution in [2.24, 2.45) is 34.2 Å². The van der Waals surface area contributed by atoms with Gasteiger partial charge in [-0.05, 0) is 49.7 Å². The molecule has 172 valence electrons. The first-order valence-corrected chi connectivity index (χ1v) is 10.7. The van der Waals surface area contributed by atoms with E-state index in [1.54, 1.807) is 23.3 Å². The van der Waals surface area contributed by atoms with Crippen molar-refractivity contribution in [3.8, 4) is 0 Å². The maximum atomic E-state index is 15.1. The van der Waals surface area contributed by atoms with Crippen molar-refractivity contribution in [3.05, 3.63) is 29.6 Å². The molecule has 0 unspecified atom stereocenters. The van der Waals surface area contributed by atoms with Crippen LogP contribution in [0.15, 0.2) is 23.3 Å². The summed E-state index contributed by atoms with van der Waals surface area (Å²) in [6.07, 6.45) is 1.08. The van der Waals surface area contributed by atoms with Gasteiger partial charge in [0, 0.05) is 32.7 Å². The number of carboxylic acid groups (broad SMARTS) is 1. The van der Waals surface area contributed by atoms with Crippen LogP contribution in [0.2, 0.25) is 0 Å². The van der Waals surface area contributed by atoms with E-state index in [1.165, 1.54) is 0 Å². The molecule has 1 amide bonds. The van der Waals surface area contributed by atoms with E-state index < -0.39 is 6.09 Å². The fourth-order valence-corrected chi connectivity index (χ4v) is 4.38. The molecule has 0 aliphatic carbocycles. The molecule has 0 bridgehead atoms. The highest BCUT2D eigenvalue weighted by molar-refractivity contribution is 5.77. The second-order valence-electron chi connectivity index (χ2n) is 8.14. The molecule has 7 N–H and O–H groups in total. The lowest BCUT2D eigenvalue weighted by Gasteiger charge is -2.48. The van der Waals surface area contributed by atoms with E-state index in [2.05, 4.69) is 15.0 Å². The van der Waals surface area contributed by atoms with Gasteiger partial charge in [-0.2, -0.15) is 10.1 Å². The number of amides is 1. The Morgan fingerprint density at radius 2 is 1.94 bits per heavy atom. The Balaban J connectivity index is 1.55. The molecule has 2 heterocycles. The number of hydrogen-bond donors (Lipinski definition) is 4. The summed E-state index contributed by atoms with van der Waals surface area (Å²) in [7, 11) is 0. The van der Waals surface area contributed by atoms with Crippen molar-refractivity contribution < 1.29 is 14.3 Å². The molecule has 0 atom stereocenters. The quantitative estimate of drug-likeness (QED) is 0.203. The monoisotopic (exact) mass is 436 g/mol. The van der Waals surface area contributed by atoms with Crippen LogP contribution in [0.1, 0.15) is 25.3 Å². The molecular weight excluding hydrogens is 403 g/mol. The molecule has 1 aromatic carbocycles. The van der Waals surface area contributed by atoms with Gasteiger partial charge in [-0.15, -0.1) is 5.10 Å². The van der Waals surface area contributed by atoms with Gasteiger partial charge < -0.3 is 21.5 Å². The number of nitrogens with two attached hydrogens (primary N) is 3. The summed E-state index contributed by atoms with van der Waals surface area (Å²) in [6, 6.07) is 5.23. The van der Waals surface area contributed by atoms with Gasteiger partial charge in [-0.25, -0.2) is 14.2 Å². The molecule has 2 aliphatic rings. The van der Waals surface area contributed by atoms with Crippen LogP contribution < -0.4 is 22.2 Å². The number of anilines is 1. The van der Waals surface area contributed by atoms with Gasteiger partial charge in [0.25, 0.3) is 0 Å². The third-order valence-corrected chi connectivity index (χ3v) is 6.23. The average molecular weight is 437 g/mol. The van der Waals surface area contributed by atoms with E-state index in [9.17, 15) is 4.79 Å². The van der Waals surface area contributed by atoms with E-state index in [0.717, 1.165) is 45.6 Å². The normalized spacial score (nSPS) is 18.1. The number of piperidine rings is 1. The predicted molar refractivity (Wildman–Crippen MR) is 117 cm³/mol. The summed E-state index contributed by atoms with van der Waals surface area (Å²) in [4.78, 5) is 13.3. The first kappa shape index (κ1) is 23.0. The summed E-state index contributed by atoms with van der Waals surface area (Å²) < 4.78 is 15.1. The van der Waals surface area contributed by atoms with Crippen molar-refractivity contribution in [1.82, 2.24) is 15.1 Å². The molecule has 2 fully saturated rings. The van der Waals surface area contributed by atoms with E-state index in [1.807, 2.05) is 6.92 Å². The van der Waals surface area contributed by atoms with Crippen molar-refractivity contribution in [3.63, 3.8) is 0 Å². The highest BCUT2D eigenvalue weighted by Gasteiger charge is 2.36. The Hall–Kier alpha value is -2.63. The van der Waals surface area contributed by atoms with Crippen LogP contribution >= 0.6 is 0 Å². The number of nitrogens with zero attached hydrogens (tertiary/aromatic N) is 5. The van der Waals surface area contributed by atoms with E-state index in [-0.39, 0.29) is 24.7 Å². The number of carbonyl (C=O) groups is 1. The zero-order chi connectivity index (χ0) is 22.5. The third kappa shape index (κ3) is 5.54. The van der Waals surface area contributed by atoms with Crippen LogP contribution in [0, 0.1) is 17.7 Å². The lowest BCUT2D eigenvalue weighted by molar-refractivity contribution is -0.0542. The van der Waals surface area contributed by atoms with Gasteiger partial charge in [0.05, 0.1) is 12.2 Å². The summed E-state index contributed by atoms with van der Waals surface area (Å²) in [5.41, 5.74) is 11.5. The number of halogens is 1. The molecule has 0 aromatic heterocycles. The standard InChI is InChI=1S/C20H33FN8O2/c1-2-29(24)27-9-6-14(7-10-27)16-12-26(13-16)17-5-3-4-15(18(17)21)8-11-28(20(30)31)25-19(22)23/h3-5,14,16H,2,6-13,24H2,1H3,(H,30,31)(H4,22,23,25). The molecule has 11 heteroatoms. The molecule has 0 spiro atoms. The van der Waals surface area contributed by atoms with Gasteiger partial charge in [-0.1, -0.05) is 12.1 Å². The minimum absolute atomic E-state index is 0.0370. The summed E-state index contributed by atoms with van der Waals surface area (Å²) in [5.74, 6) is 6.50. The smallest absolute Gasteiger partial charge is 0.428 e. The first-order chi connectivity index (χ1) is 14.8. The molecular formula is C20H33FN8O2. The van der Waals surface area contributed by atoms with Gasteiger partial charge in [-0.3, -0.25) is 5.84 Å². The van der Waals surface area contributed by atoms with Crippen LogP contribution in [0.5, 0.6) is 0 Å². The van der Waals surface area contributed by atoms with E-state index in [0.29, 0.717) is 28.1 Å². The Morgan fingerprint density at radius 1 is 1.26 bits per heavy atom. The molecule has 0 saturated carbocycles. The highest BCUT2D eigenvalue weighted by Crippen LogP contribution is 2.36. The zero-order valence-electron chi connectivity index (χ0n) is 18.0. The molecule has 0 radical (unpaired) electrons. The number of guanidine groups is 1. The van der Waals surface area contributed by atoms with E-state index in [4.69, 9.17) is 22.4 Å². The van der Waals surface area contributed by atoms with Gasteiger partial charge >= 0.3 is 6.09 Å². The molecule has 1 aromatic rings. The number of hydrogen-bond acceptors (Lipinski definition) is 6. The zero-order valence-corrected chi connectivity index (χ0v) is 18.0. The predicted octanol–water partition coefficient (Wildman–Crippen LogP) is 0.795. The molecule has 31 heavy (non-hydrogen) atoms. The fraction of sp³-hybridized carbons (Fsp3) is 0.600. The molecule has 10 nitrogen and oxygen atoms in total. The topological polar surface area (TPSA) is 141 Å². The minimum atomic E-state index is -1.29. The Labute approximate surface area is 182 Å². The van der Waals surface area contributed by atoms with Crippen molar-refractivity contribution >= 4 is 17.7 Å². The summed E-state index contributed by atoms with van der Waals surface area (Å²) in [5, 5.41) is 17.4. The second kappa shape index (κ2) is 10.1. The van der Waals surface area contributed by atoms with Gasteiger partial charge in [0.1, 0.15) is 5.82 Å². The molecule has 2 aliphatic heterocycles. The van der Waals surface area contributed by atoms with Crippen LogP contribution in [0.25, 0.3) is 0 Å². The maximum Gasteiger partial charge on any atom is 0.428 e. The number of hydrazone groups is 1. The SMILES string of the molecule is CCN(N)N1CCC(C2CN(c3cccc(CCN(N=C(N)N)C(=O)O)c3F)C2)CC1. The molecule has 3 rings (SSSR count). The Bertz CT molecular complexity index is 789. The van der Waals surface area contributed by atoms with Crippen LogP contribution in [-0.4, -0.2) is 71.6 Å². The Morgan fingerprint density at radius 3 is 2.52 bits per heavy atom. The number of benzene rings is 1. The molecule has 2 saturated heterocycles. The second-order valence-corrected chi connectivity index (χ2v) is 8.14. The fourth-order valence-electron chi connectivity index (χ4n) is 4.38. The lowest BCUT2D eigenvalue weighted by atomic mass is 9.79. The summed E-state index contributed by atoms with van der Waals surface area (Å²) in [6.45, 7) is 6.40. The Kier molecular flexibility index (Phi) is 7.52. The van der Waals surface area contributed by atoms with Crippen LogP contribution in [-0.2, 0) is 6.42 Å². The minimum Gasteiger partial charge on any atom is -0.464 e. The number of rotatable bonds is 8. The first-order valence-electron chi connectivity index (χ1n) is 10.7. The van der Waals surface area contributed by atoms with E-state index >= 15 is 4.39 Å². The van der Waals surface area contributed by atoms with Crippen molar-refractivity contribution in [2.75, 3.05) is 44.2 Å². The van der Waals surface area contributed by atoms with Crippen molar-refractivity contribution in [2.45, 2.75) is 26.2 Å². The largest absolute Gasteiger partial charge is 0.464 e. The maximum absolute atomic E-state index is 15.1. The average Bonchev–Trinajstić information content (AvgIpc) is 2.71. The summed E-state index contributed by atoms with van der Waals surface area (Å²) >= 11 is 0. The van der Waals surface area contributed by atoms with Gasteiger partial charge in [0.15, 0.2) is 0 Å². The lowest BCUT2D eigenvalue weighted by Crippen LogP contribution is -2.55. The van der Waals surface area contributed by atoms with Crippen molar-refractivity contribution in [1.29, 1.82) is 0 Å². The van der Waals surface area contributed by atoms with Crippen LogP contribution in [0.4, 0.5) is 14.9 Å². The number of hydrazine groups is 2. The van der Waals surface area contributed by atoms with Crippen LogP contribution in [0.3, 0.4) is 0 Å². The third-order valence-electron chi connectivity index (χ3n) is 6.23. The highest BCUT2D eigenvalue weighted by atomic mass is 19.1. The van der Waals surface area contributed by atoms with Gasteiger partial charge in [0.2, 0.25) is 5.96 Å².